The van der Waals surface area contributed by atoms with Crippen molar-refractivity contribution in [2.24, 2.45) is 0 Å². The SMILES string of the molecule is CN(CCCCCO)Cc1ccoc1. The molecule has 1 N–H and O–H groups in total. The van der Waals surface area contributed by atoms with Gasteiger partial charge < -0.3 is 14.4 Å². The predicted octanol–water partition coefficient (Wildman–Crippen LogP) is 1.87. The van der Waals surface area contributed by atoms with Gasteiger partial charge in [0.15, 0.2) is 0 Å². The number of hydrogen-bond donors (Lipinski definition) is 1. The predicted molar refractivity (Wildman–Crippen MR) is 56.0 cm³/mol. The fourth-order valence-electron chi connectivity index (χ4n) is 1.44. The molecule has 0 amide bonds. The quantitative estimate of drug-likeness (QED) is 0.678. The average molecular weight is 197 g/mol. The largest absolute Gasteiger partial charge is 0.472 e. The minimum Gasteiger partial charge on any atom is -0.472 e. The van der Waals surface area contributed by atoms with E-state index >= 15 is 0 Å². The normalized spacial score (nSPS) is 11.1. The molecule has 1 aromatic heterocycles. The molecule has 0 aliphatic heterocycles. The zero-order valence-corrected chi connectivity index (χ0v) is 8.78. The maximum atomic E-state index is 8.61. The van der Waals surface area contributed by atoms with Gasteiger partial charge in [-0.05, 0) is 38.9 Å². The van der Waals surface area contributed by atoms with Gasteiger partial charge in [0.2, 0.25) is 0 Å². The van der Waals surface area contributed by atoms with Crippen LogP contribution >= 0.6 is 0 Å². The summed E-state index contributed by atoms with van der Waals surface area (Å²) in [7, 11) is 2.10. The topological polar surface area (TPSA) is 36.6 Å². The van der Waals surface area contributed by atoms with Crippen LogP contribution in [-0.2, 0) is 6.54 Å². The fraction of sp³-hybridized carbons (Fsp3) is 0.636. The van der Waals surface area contributed by atoms with Crippen LogP contribution < -0.4 is 0 Å². The molecule has 0 saturated heterocycles. The number of rotatable bonds is 7. The summed E-state index contributed by atoms with van der Waals surface area (Å²) in [6.07, 6.45) is 6.65. The molecule has 1 heterocycles. The Morgan fingerprint density at radius 3 is 2.86 bits per heavy atom. The van der Waals surface area contributed by atoms with Crippen molar-refractivity contribution >= 4 is 0 Å². The van der Waals surface area contributed by atoms with Crippen LogP contribution in [0.1, 0.15) is 24.8 Å². The maximum absolute atomic E-state index is 8.61. The van der Waals surface area contributed by atoms with Crippen LogP contribution in [0.4, 0.5) is 0 Å². The van der Waals surface area contributed by atoms with Crippen LogP contribution in [0.2, 0.25) is 0 Å². The molecular weight excluding hydrogens is 178 g/mol. The summed E-state index contributed by atoms with van der Waals surface area (Å²) in [5, 5.41) is 8.61. The molecule has 0 fully saturated rings. The van der Waals surface area contributed by atoms with Crippen molar-refractivity contribution in [1.82, 2.24) is 4.90 Å². The van der Waals surface area contributed by atoms with Gasteiger partial charge in [0.05, 0.1) is 12.5 Å². The first-order valence-electron chi connectivity index (χ1n) is 5.13. The van der Waals surface area contributed by atoms with E-state index in [-0.39, 0.29) is 0 Å². The van der Waals surface area contributed by atoms with Gasteiger partial charge in [0, 0.05) is 18.7 Å². The van der Waals surface area contributed by atoms with Gasteiger partial charge >= 0.3 is 0 Å². The Balaban J connectivity index is 2.07. The lowest BCUT2D eigenvalue weighted by Gasteiger charge is -2.14. The molecule has 3 nitrogen and oxygen atoms in total. The Hall–Kier alpha value is -0.800. The van der Waals surface area contributed by atoms with Crippen molar-refractivity contribution in [3.8, 4) is 0 Å². The zero-order valence-electron chi connectivity index (χ0n) is 8.78. The highest BCUT2D eigenvalue weighted by molar-refractivity contribution is 5.04. The smallest absolute Gasteiger partial charge is 0.0947 e. The second-order valence-electron chi connectivity index (χ2n) is 3.65. The van der Waals surface area contributed by atoms with Crippen molar-refractivity contribution < 1.29 is 9.52 Å². The van der Waals surface area contributed by atoms with Crippen LogP contribution in [-0.4, -0.2) is 30.2 Å². The Morgan fingerprint density at radius 2 is 2.21 bits per heavy atom. The number of hydrogen-bond acceptors (Lipinski definition) is 3. The molecule has 14 heavy (non-hydrogen) atoms. The second-order valence-corrected chi connectivity index (χ2v) is 3.65. The lowest BCUT2D eigenvalue weighted by molar-refractivity contribution is 0.271. The number of furan rings is 1. The van der Waals surface area contributed by atoms with Gasteiger partial charge in [-0.2, -0.15) is 0 Å². The third-order valence-electron chi connectivity index (χ3n) is 2.23. The van der Waals surface area contributed by atoms with E-state index in [2.05, 4.69) is 11.9 Å². The molecule has 0 saturated carbocycles. The van der Waals surface area contributed by atoms with Crippen LogP contribution in [0, 0.1) is 0 Å². The monoisotopic (exact) mass is 197 g/mol. The number of aliphatic hydroxyl groups excluding tert-OH is 1. The van der Waals surface area contributed by atoms with Gasteiger partial charge in [-0.3, -0.25) is 0 Å². The van der Waals surface area contributed by atoms with E-state index in [4.69, 9.17) is 9.52 Å². The standard InChI is InChI=1S/C11H19NO2/c1-12(6-3-2-4-7-13)9-11-5-8-14-10-11/h5,8,10,13H,2-4,6-7,9H2,1H3. The molecule has 1 aromatic rings. The molecule has 3 heteroatoms. The molecule has 0 bridgehead atoms. The van der Waals surface area contributed by atoms with Crippen molar-refractivity contribution in [2.45, 2.75) is 25.8 Å². The van der Waals surface area contributed by atoms with E-state index in [1.54, 1.807) is 12.5 Å². The highest BCUT2D eigenvalue weighted by Crippen LogP contribution is 2.05. The minimum atomic E-state index is 0.311. The Kier molecular flexibility index (Phi) is 5.33. The van der Waals surface area contributed by atoms with Crippen molar-refractivity contribution in [3.63, 3.8) is 0 Å². The third-order valence-corrected chi connectivity index (χ3v) is 2.23. The molecule has 0 aliphatic rings. The lowest BCUT2D eigenvalue weighted by Crippen LogP contribution is -2.18. The van der Waals surface area contributed by atoms with Crippen LogP contribution in [0.15, 0.2) is 23.0 Å². The molecule has 0 aromatic carbocycles. The lowest BCUT2D eigenvalue weighted by atomic mass is 10.2. The molecule has 80 valence electrons. The van der Waals surface area contributed by atoms with Crippen LogP contribution in [0.25, 0.3) is 0 Å². The molecular formula is C11H19NO2. The fourth-order valence-corrected chi connectivity index (χ4v) is 1.44. The van der Waals surface area contributed by atoms with Crippen molar-refractivity contribution in [1.29, 1.82) is 0 Å². The summed E-state index contributed by atoms with van der Waals surface area (Å²) in [5.74, 6) is 0. The molecule has 0 radical (unpaired) electrons. The van der Waals surface area contributed by atoms with E-state index in [9.17, 15) is 0 Å². The average Bonchev–Trinajstić information content (AvgIpc) is 2.65. The van der Waals surface area contributed by atoms with E-state index in [0.29, 0.717) is 6.61 Å². The second kappa shape index (κ2) is 6.62. The van der Waals surface area contributed by atoms with Gasteiger partial charge in [0.1, 0.15) is 0 Å². The summed E-state index contributed by atoms with van der Waals surface area (Å²) in [6, 6.07) is 1.99. The first-order valence-corrected chi connectivity index (χ1v) is 5.13. The first kappa shape index (κ1) is 11.3. The third kappa shape index (κ3) is 4.44. The molecule has 0 atom stereocenters. The van der Waals surface area contributed by atoms with Gasteiger partial charge in [-0.15, -0.1) is 0 Å². The molecule has 0 aliphatic carbocycles. The van der Waals surface area contributed by atoms with E-state index < -0.39 is 0 Å². The Morgan fingerprint density at radius 1 is 1.36 bits per heavy atom. The maximum Gasteiger partial charge on any atom is 0.0947 e. The van der Waals surface area contributed by atoms with E-state index in [1.807, 2.05) is 6.07 Å². The summed E-state index contributed by atoms with van der Waals surface area (Å²) >= 11 is 0. The highest BCUT2D eigenvalue weighted by atomic mass is 16.3. The summed E-state index contributed by atoms with van der Waals surface area (Å²) in [4.78, 5) is 2.27. The Bertz CT molecular complexity index is 221. The number of unbranched alkanes of at least 4 members (excludes halogenated alkanes) is 2. The summed E-state index contributed by atoms with van der Waals surface area (Å²) < 4.78 is 5.00. The van der Waals surface area contributed by atoms with Gasteiger partial charge in [-0.25, -0.2) is 0 Å². The van der Waals surface area contributed by atoms with Crippen LogP contribution in [0.5, 0.6) is 0 Å². The van der Waals surface area contributed by atoms with Crippen molar-refractivity contribution in [3.05, 3.63) is 24.2 Å². The molecule has 0 unspecified atom stereocenters. The molecule has 1 rings (SSSR count). The number of aliphatic hydroxyl groups is 1. The van der Waals surface area contributed by atoms with E-state index in [1.165, 1.54) is 5.56 Å². The van der Waals surface area contributed by atoms with Crippen LogP contribution in [0.3, 0.4) is 0 Å². The van der Waals surface area contributed by atoms with Gasteiger partial charge in [-0.1, -0.05) is 0 Å². The summed E-state index contributed by atoms with van der Waals surface area (Å²) in [6.45, 7) is 2.33. The molecule has 0 spiro atoms. The minimum absolute atomic E-state index is 0.311. The van der Waals surface area contributed by atoms with Gasteiger partial charge in [0.25, 0.3) is 0 Å². The summed E-state index contributed by atoms with van der Waals surface area (Å²) in [5.41, 5.74) is 1.22. The highest BCUT2D eigenvalue weighted by Gasteiger charge is 2.00. The van der Waals surface area contributed by atoms with E-state index in [0.717, 1.165) is 32.4 Å². The number of nitrogens with zero attached hydrogens (tertiary/aromatic N) is 1. The van der Waals surface area contributed by atoms with Crippen molar-refractivity contribution in [2.75, 3.05) is 20.2 Å². The zero-order chi connectivity index (χ0) is 10.2. The first-order chi connectivity index (χ1) is 6.83. The Labute approximate surface area is 85.3 Å².